The van der Waals surface area contributed by atoms with Gasteiger partial charge in [-0.05, 0) is 19.9 Å². The quantitative estimate of drug-likeness (QED) is 0.298. The highest BCUT2D eigenvalue weighted by Crippen LogP contribution is 2.09. The number of hydrogen-bond donors (Lipinski definition) is 0. The van der Waals surface area contributed by atoms with Crippen molar-refractivity contribution in [1.29, 1.82) is 0 Å². The van der Waals surface area contributed by atoms with E-state index >= 15 is 0 Å². The van der Waals surface area contributed by atoms with Crippen molar-refractivity contribution in [3.05, 3.63) is 36.1 Å². The molecule has 0 aromatic heterocycles. The van der Waals surface area contributed by atoms with Gasteiger partial charge in [-0.1, -0.05) is 18.7 Å². The molecule has 0 atom stereocenters. The molecule has 0 fully saturated rings. The Balaban J connectivity index is 4.94. The lowest BCUT2D eigenvalue weighted by Gasteiger charge is -2.04. The summed E-state index contributed by atoms with van der Waals surface area (Å²) in [5, 5.41) is 0. The molecule has 0 amide bonds. The number of carbonyl (C=O) groups excluding carboxylic acids is 2. The van der Waals surface area contributed by atoms with Crippen LogP contribution in [0.4, 0.5) is 0 Å². The standard InChI is InChI=1S/C11H14O3/c1-5-6-7-11(8(2)12)9(3)14-10(4)13/h5-7H,1H2,2-4H3. The van der Waals surface area contributed by atoms with E-state index in [4.69, 9.17) is 4.74 Å². The molecule has 0 aliphatic rings. The monoisotopic (exact) mass is 194 g/mol. The molecule has 0 saturated heterocycles. The van der Waals surface area contributed by atoms with Crippen LogP contribution >= 0.6 is 0 Å². The van der Waals surface area contributed by atoms with Crippen LogP contribution in [0, 0.1) is 0 Å². The summed E-state index contributed by atoms with van der Waals surface area (Å²) < 4.78 is 4.81. The van der Waals surface area contributed by atoms with E-state index in [1.54, 1.807) is 25.2 Å². The summed E-state index contributed by atoms with van der Waals surface area (Å²) in [7, 11) is 0. The molecule has 14 heavy (non-hydrogen) atoms. The third-order valence-corrected chi connectivity index (χ3v) is 1.45. The summed E-state index contributed by atoms with van der Waals surface area (Å²) in [5.41, 5.74) is 0.375. The first-order chi connectivity index (χ1) is 6.49. The Bertz CT molecular complexity index is 308. The molecule has 0 aliphatic carbocycles. The first-order valence-electron chi connectivity index (χ1n) is 4.18. The lowest BCUT2D eigenvalue weighted by molar-refractivity contribution is -0.136. The van der Waals surface area contributed by atoms with E-state index in [9.17, 15) is 9.59 Å². The molecule has 0 unspecified atom stereocenters. The fourth-order valence-electron chi connectivity index (χ4n) is 0.917. The van der Waals surface area contributed by atoms with Crippen molar-refractivity contribution in [2.75, 3.05) is 0 Å². The fourth-order valence-corrected chi connectivity index (χ4v) is 0.917. The summed E-state index contributed by atoms with van der Waals surface area (Å²) in [4.78, 5) is 21.8. The zero-order chi connectivity index (χ0) is 11.1. The summed E-state index contributed by atoms with van der Waals surface area (Å²) in [5.74, 6) is -0.279. The Kier molecular flexibility index (Phi) is 5.22. The molecule has 0 N–H and O–H groups in total. The number of Topliss-reactive ketones (excluding diaryl/α,β-unsaturated/α-hetero) is 1. The second-order valence-electron chi connectivity index (χ2n) is 2.71. The van der Waals surface area contributed by atoms with E-state index in [-0.39, 0.29) is 5.78 Å². The van der Waals surface area contributed by atoms with Gasteiger partial charge in [0.15, 0.2) is 5.78 Å². The molecule has 0 aliphatic heterocycles. The van der Waals surface area contributed by atoms with Crippen molar-refractivity contribution in [2.24, 2.45) is 0 Å². The van der Waals surface area contributed by atoms with Crippen molar-refractivity contribution >= 4 is 11.8 Å². The van der Waals surface area contributed by atoms with E-state index in [1.807, 2.05) is 0 Å². The van der Waals surface area contributed by atoms with Crippen molar-refractivity contribution in [3.63, 3.8) is 0 Å². The molecule has 3 heteroatoms. The molecule has 0 spiro atoms. The third kappa shape index (κ3) is 4.40. The van der Waals surface area contributed by atoms with Gasteiger partial charge in [-0.3, -0.25) is 9.59 Å². The average Bonchev–Trinajstić information content (AvgIpc) is 2.02. The van der Waals surface area contributed by atoms with Gasteiger partial charge in [-0.25, -0.2) is 0 Å². The number of carbonyl (C=O) groups is 2. The number of esters is 1. The molecule has 0 saturated carbocycles. The van der Waals surface area contributed by atoms with Crippen molar-refractivity contribution in [2.45, 2.75) is 20.8 Å². The number of hydrogen-bond acceptors (Lipinski definition) is 3. The molecular weight excluding hydrogens is 180 g/mol. The Morgan fingerprint density at radius 2 is 1.79 bits per heavy atom. The largest absolute Gasteiger partial charge is 0.431 e. The van der Waals surface area contributed by atoms with Gasteiger partial charge >= 0.3 is 5.97 Å². The predicted molar refractivity (Wildman–Crippen MR) is 54.5 cm³/mol. The zero-order valence-electron chi connectivity index (χ0n) is 8.66. The molecule has 0 aromatic rings. The van der Waals surface area contributed by atoms with Gasteiger partial charge in [-0.2, -0.15) is 0 Å². The smallest absolute Gasteiger partial charge is 0.307 e. The molecule has 0 rings (SSSR count). The first-order valence-corrected chi connectivity index (χ1v) is 4.18. The Morgan fingerprint density at radius 3 is 2.14 bits per heavy atom. The summed E-state index contributed by atoms with van der Waals surface area (Å²) in [6.07, 6.45) is 4.72. The van der Waals surface area contributed by atoms with Gasteiger partial charge < -0.3 is 4.74 Å². The molecule has 0 heterocycles. The maximum absolute atomic E-state index is 11.1. The minimum atomic E-state index is -0.437. The van der Waals surface area contributed by atoms with E-state index < -0.39 is 5.97 Å². The van der Waals surface area contributed by atoms with Crippen LogP contribution in [-0.2, 0) is 14.3 Å². The lowest BCUT2D eigenvalue weighted by atomic mass is 10.1. The van der Waals surface area contributed by atoms with Crippen LogP contribution in [-0.4, -0.2) is 11.8 Å². The molecular formula is C11H14O3. The van der Waals surface area contributed by atoms with Crippen LogP contribution in [0.3, 0.4) is 0 Å². The van der Waals surface area contributed by atoms with Crippen LogP contribution in [0.25, 0.3) is 0 Å². The molecule has 0 bridgehead atoms. The van der Waals surface area contributed by atoms with Gasteiger partial charge in [0.05, 0.1) is 5.57 Å². The van der Waals surface area contributed by atoms with Crippen LogP contribution in [0.15, 0.2) is 36.1 Å². The predicted octanol–water partition coefficient (Wildman–Crippen LogP) is 2.15. The normalized spacial score (nSPS) is 12.2. The maximum atomic E-state index is 11.1. The van der Waals surface area contributed by atoms with Gasteiger partial charge in [0, 0.05) is 6.92 Å². The zero-order valence-corrected chi connectivity index (χ0v) is 8.66. The van der Waals surface area contributed by atoms with Gasteiger partial charge in [0.25, 0.3) is 0 Å². The van der Waals surface area contributed by atoms with E-state index in [0.29, 0.717) is 11.3 Å². The molecule has 0 radical (unpaired) electrons. The van der Waals surface area contributed by atoms with Crippen LogP contribution in [0.5, 0.6) is 0 Å². The van der Waals surface area contributed by atoms with E-state index in [1.165, 1.54) is 13.8 Å². The van der Waals surface area contributed by atoms with E-state index in [2.05, 4.69) is 6.58 Å². The SMILES string of the molecule is C=CC=CC(C(C)=O)=C(C)OC(C)=O. The minimum Gasteiger partial charge on any atom is -0.431 e. The molecule has 3 nitrogen and oxygen atoms in total. The summed E-state index contributed by atoms with van der Waals surface area (Å²) >= 11 is 0. The van der Waals surface area contributed by atoms with Gasteiger partial charge in [0.1, 0.15) is 5.76 Å². The Labute approximate surface area is 83.8 Å². The molecule has 76 valence electrons. The highest BCUT2D eigenvalue weighted by molar-refractivity contribution is 5.96. The highest BCUT2D eigenvalue weighted by atomic mass is 16.5. The summed E-state index contributed by atoms with van der Waals surface area (Å²) in [6.45, 7) is 7.76. The van der Waals surface area contributed by atoms with Gasteiger partial charge in [-0.15, -0.1) is 0 Å². The van der Waals surface area contributed by atoms with Crippen molar-refractivity contribution in [3.8, 4) is 0 Å². The third-order valence-electron chi connectivity index (χ3n) is 1.45. The molecule has 0 aromatic carbocycles. The Morgan fingerprint density at radius 1 is 1.21 bits per heavy atom. The second kappa shape index (κ2) is 5.91. The minimum absolute atomic E-state index is 0.151. The number of ketones is 1. The Hall–Kier alpha value is -1.64. The van der Waals surface area contributed by atoms with Gasteiger partial charge in [0.2, 0.25) is 0 Å². The topological polar surface area (TPSA) is 43.4 Å². The van der Waals surface area contributed by atoms with Crippen LogP contribution in [0.1, 0.15) is 20.8 Å². The second-order valence-corrected chi connectivity index (χ2v) is 2.71. The lowest BCUT2D eigenvalue weighted by Crippen LogP contribution is -2.03. The summed E-state index contributed by atoms with van der Waals surface area (Å²) in [6, 6.07) is 0. The van der Waals surface area contributed by atoms with Crippen molar-refractivity contribution < 1.29 is 14.3 Å². The number of allylic oxidation sites excluding steroid dienone is 5. The highest BCUT2D eigenvalue weighted by Gasteiger charge is 2.07. The average molecular weight is 194 g/mol. The van der Waals surface area contributed by atoms with Crippen LogP contribution in [0.2, 0.25) is 0 Å². The van der Waals surface area contributed by atoms with E-state index in [0.717, 1.165) is 0 Å². The fraction of sp³-hybridized carbons (Fsp3) is 0.273. The number of ether oxygens (including phenoxy) is 1. The first kappa shape index (κ1) is 12.4. The number of rotatable bonds is 4. The van der Waals surface area contributed by atoms with Crippen LogP contribution < -0.4 is 0 Å². The maximum Gasteiger partial charge on any atom is 0.307 e. The van der Waals surface area contributed by atoms with Crippen molar-refractivity contribution in [1.82, 2.24) is 0 Å².